The van der Waals surface area contributed by atoms with Gasteiger partial charge in [-0.25, -0.2) is 0 Å². The smallest absolute Gasteiger partial charge is 0.229 e. The fourth-order valence-electron chi connectivity index (χ4n) is 2.93. The summed E-state index contributed by atoms with van der Waals surface area (Å²) >= 11 is 1.49. The molecule has 0 spiro atoms. The predicted molar refractivity (Wildman–Crippen MR) is 87.6 cm³/mol. The average molecular weight is 309 g/mol. The van der Waals surface area contributed by atoms with Gasteiger partial charge in [0.2, 0.25) is 11.0 Å². The van der Waals surface area contributed by atoms with Crippen LogP contribution in [0.15, 0.2) is 0 Å². The van der Waals surface area contributed by atoms with Crippen molar-refractivity contribution in [1.82, 2.24) is 10.2 Å². The van der Waals surface area contributed by atoms with Crippen molar-refractivity contribution in [3.8, 4) is 0 Å². The molecule has 0 saturated heterocycles. The molecule has 5 heteroatoms. The molecule has 4 nitrogen and oxygen atoms in total. The Morgan fingerprint density at radius 3 is 2.57 bits per heavy atom. The summed E-state index contributed by atoms with van der Waals surface area (Å²) in [6.07, 6.45) is 8.38. The van der Waals surface area contributed by atoms with E-state index in [1.807, 2.05) is 0 Å². The van der Waals surface area contributed by atoms with E-state index in [0.29, 0.717) is 11.0 Å². The van der Waals surface area contributed by atoms with Gasteiger partial charge in [0.25, 0.3) is 0 Å². The molecule has 0 aromatic carbocycles. The zero-order valence-electron chi connectivity index (χ0n) is 13.4. The highest BCUT2D eigenvalue weighted by Gasteiger charge is 2.26. The number of carbonyl (C=O) groups excluding carboxylic acids is 1. The summed E-state index contributed by atoms with van der Waals surface area (Å²) < 4.78 is 0. The van der Waals surface area contributed by atoms with Crippen molar-refractivity contribution in [3.63, 3.8) is 0 Å². The van der Waals surface area contributed by atoms with Gasteiger partial charge in [0.05, 0.1) is 0 Å². The maximum absolute atomic E-state index is 12.3. The van der Waals surface area contributed by atoms with Crippen LogP contribution in [0.5, 0.6) is 0 Å². The van der Waals surface area contributed by atoms with Crippen LogP contribution in [0.25, 0.3) is 0 Å². The van der Waals surface area contributed by atoms with Gasteiger partial charge in [-0.15, -0.1) is 10.2 Å². The van der Waals surface area contributed by atoms with Crippen molar-refractivity contribution in [3.05, 3.63) is 5.01 Å². The Hall–Kier alpha value is -0.970. The number of anilines is 1. The summed E-state index contributed by atoms with van der Waals surface area (Å²) in [5.41, 5.74) is 0. The summed E-state index contributed by atoms with van der Waals surface area (Å²) in [7, 11) is 0. The van der Waals surface area contributed by atoms with Gasteiger partial charge in [-0.05, 0) is 31.6 Å². The number of hydrogen-bond donors (Lipinski definition) is 1. The molecule has 1 amide bonds. The molecule has 118 valence electrons. The molecule has 0 bridgehead atoms. The molecule has 0 radical (unpaired) electrons. The van der Waals surface area contributed by atoms with Crippen LogP contribution in [0.4, 0.5) is 5.13 Å². The number of aromatic nitrogens is 2. The zero-order chi connectivity index (χ0) is 15.2. The van der Waals surface area contributed by atoms with E-state index in [0.717, 1.165) is 23.8 Å². The Balaban J connectivity index is 1.79. The Kier molecular flexibility index (Phi) is 6.15. The van der Waals surface area contributed by atoms with Crippen LogP contribution in [0.1, 0.15) is 76.6 Å². The normalized spacial score (nSPS) is 22.5. The van der Waals surface area contributed by atoms with Gasteiger partial charge in [0, 0.05) is 11.8 Å². The third-order valence-electron chi connectivity index (χ3n) is 4.35. The molecular formula is C16H27N3OS. The Morgan fingerprint density at radius 2 is 2.00 bits per heavy atom. The third kappa shape index (κ3) is 4.77. The molecule has 1 aromatic rings. The molecule has 1 heterocycles. The van der Waals surface area contributed by atoms with E-state index in [1.54, 1.807) is 0 Å². The number of nitrogens with zero attached hydrogens (tertiary/aromatic N) is 2. The molecule has 0 aliphatic heterocycles. The number of carbonyl (C=O) groups is 1. The number of hydrogen-bond acceptors (Lipinski definition) is 4. The Labute approximate surface area is 131 Å². The highest BCUT2D eigenvalue weighted by atomic mass is 32.1. The monoisotopic (exact) mass is 309 g/mol. The van der Waals surface area contributed by atoms with Crippen LogP contribution >= 0.6 is 11.3 Å². The highest BCUT2D eigenvalue weighted by Crippen LogP contribution is 2.33. The standard InChI is InChI=1S/C16H27N3OS/c1-4-5-6-12-7-9-13(10-8-12)14(20)17-16-19-18-15(21-16)11(2)3/h11-13H,4-10H2,1-3H3,(H,17,19,20). The summed E-state index contributed by atoms with van der Waals surface area (Å²) in [6, 6.07) is 0. The summed E-state index contributed by atoms with van der Waals surface area (Å²) in [6.45, 7) is 6.42. The van der Waals surface area contributed by atoms with Crippen LogP contribution in [-0.2, 0) is 4.79 Å². The van der Waals surface area contributed by atoms with Crippen molar-refractivity contribution < 1.29 is 4.79 Å². The molecule has 1 aliphatic carbocycles. The quantitative estimate of drug-likeness (QED) is 0.835. The Morgan fingerprint density at radius 1 is 1.29 bits per heavy atom. The SMILES string of the molecule is CCCCC1CCC(C(=O)Nc2nnc(C(C)C)s2)CC1. The summed E-state index contributed by atoms with van der Waals surface area (Å²) in [5, 5.41) is 12.8. The minimum absolute atomic E-state index is 0.135. The Bertz CT molecular complexity index is 450. The first-order valence-electron chi connectivity index (χ1n) is 8.24. The van der Waals surface area contributed by atoms with Gasteiger partial charge in [0.15, 0.2) is 0 Å². The topological polar surface area (TPSA) is 54.9 Å². The molecule has 1 aromatic heterocycles. The van der Waals surface area contributed by atoms with E-state index in [9.17, 15) is 4.79 Å². The van der Waals surface area contributed by atoms with Crippen LogP contribution in [-0.4, -0.2) is 16.1 Å². The fourth-order valence-corrected chi connectivity index (χ4v) is 3.68. The molecule has 0 atom stereocenters. The molecule has 1 fully saturated rings. The number of rotatable bonds is 6. The van der Waals surface area contributed by atoms with Gasteiger partial charge in [-0.1, -0.05) is 51.4 Å². The van der Waals surface area contributed by atoms with Crippen LogP contribution < -0.4 is 5.32 Å². The first kappa shape index (κ1) is 16.4. The van der Waals surface area contributed by atoms with E-state index in [2.05, 4.69) is 36.3 Å². The largest absolute Gasteiger partial charge is 0.300 e. The van der Waals surface area contributed by atoms with Crippen LogP contribution in [0.3, 0.4) is 0 Å². The second kappa shape index (κ2) is 7.87. The van der Waals surface area contributed by atoms with Crippen molar-refractivity contribution in [1.29, 1.82) is 0 Å². The molecule has 1 aliphatic rings. The second-order valence-corrected chi connectivity index (χ2v) is 7.46. The van der Waals surface area contributed by atoms with Gasteiger partial charge in [-0.3, -0.25) is 4.79 Å². The van der Waals surface area contributed by atoms with Gasteiger partial charge >= 0.3 is 0 Å². The second-order valence-electron chi connectivity index (χ2n) is 6.45. The van der Waals surface area contributed by atoms with Crippen LogP contribution in [0.2, 0.25) is 0 Å². The predicted octanol–water partition coefficient (Wildman–Crippen LogP) is 4.60. The highest BCUT2D eigenvalue weighted by molar-refractivity contribution is 7.15. The lowest BCUT2D eigenvalue weighted by Gasteiger charge is -2.27. The molecule has 0 unspecified atom stereocenters. The van der Waals surface area contributed by atoms with Gasteiger partial charge in [-0.2, -0.15) is 0 Å². The van der Waals surface area contributed by atoms with Gasteiger partial charge < -0.3 is 5.32 Å². The lowest BCUT2D eigenvalue weighted by atomic mass is 9.79. The lowest BCUT2D eigenvalue weighted by Crippen LogP contribution is -2.27. The molecule has 1 saturated carbocycles. The summed E-state index contributed by atoms with van der Waals surface area (Å²) in [4.78, 5) is 12.3. The number of amides is 1. The van der Waals surface area contributed by atoms with E-state index in [1.165, 1.54) is 43.4 Å². The van der Waals surface area contributed by atoms with Crippen molar-refractivity contribution >= 4 is 22.4 Å². The summed E-state index contributed by atoms with van der Waals surface area (Å²) in [5.74, 6) is 1.50. The van der Waals surface area contributed by atoms with Crippen molar-refractivity contribution in [2.24, 2.45) is 11.8 Å². The first-order chi connectivity index (χ1) is 10.1. The minimum Gasteiger partial charge on any atom is -0.300 e. The number of nitrogens with one attached hydrogen (secondary N) is 1. The molecular weight excluding hydrogens is 282 g/mol. The van der Waals surface area contributed by atoms with Crippen molar-refractivity contribution in [2.75, 3.05) is 5.32 Å². The first-order valence-corrected chi connectivity index (χ1v) is 9.06. The van der Waals surface area contributed by atoms with E-state index in [4.69, 9.17) is 0 Å². The van der Waals surface area contributed by atoms with Crippen LogP contribution in [0, 0.1) is 11.8 Å². The minimum atomic E-state index is 0.135. The maximum Gasteiger partial charge on any atom is 0.229 e. The van der Waals surface area contributed by atoms with Gasteiger partial charge in [0.1, 0.15) is 5.01 Å². The lowest BCUT2D eigenvalue weighted by molar-refractivity contribution is -0.121. The van der Waals surface area contributed by atoms with E-state index < -0.39 is 0 Å². The van der Waals surface area contributed by atoms with E-state index >= 15 is 0 Å². The molecule has 21 heavy (non-hydrogen) atoms. The van der Waals surface area contributed by atoms with E-state index in [-0.39, 0.29) is 11.8 Å². The van der Waals surface area contributed by atoms with Crippen molar-refractivity contribution in [2.45, 2.75) is 71.6 Å². The molecule has 1 N–H and O–H groups in total. The third-order valence-corrected chi connectivity index (χ3v) is 5.49. The number of unbranched alkanes of at least 4 members (excludes halogenated alkanes) is 1. The average Bonchev–Trinajstić information content (AvgIpc) is 2.94. The zero-order valence-corrected chi connectivity index (χ0v) is 14.2. The fraction of sp³-hybridized carbons (Fsp3) is 0.812. The maximum atomic E-state index is 12.3. The molecule has 2 rings (SSSR count).